The second kappa shape index (κ2) is 11.2. The van der Waals surface area contributed by atoms with Gasteiger partial charge in [-0.2, -0.15) is 10.1 Å². The summed E-state index contributed by atoms with van der Waals surface area (Å²) in [7, 11) is 3.31. The van der Waals surface area contributed by atoms with Crippen LogP contribution < -0.4 is 14.8 Å². The van der Waals surface area contributed by atoms with Crippen molar-refractivity contribution in [2.24, 2.45) is 4.99 Å². The number of H-pyrrole nitrogens is 1. The van der Waals surface area contributed by atoms with Crippen molar-refractivity contribution < 1.29 is 9.47 Å². The fraction of sp³-hybridized carbons (Fsp3) is 0.154. The topological polar surface area (TPSA) is 71.5 Å². The van der Waals surface area contributed by atoms with Crippen LogP contribution in [0.5, 0.6) is 11.5 Å². The van der Waals surface area contributed by atoms with Crippen molar-refractivity contribution in [1.82, 2.24) is 10.2 Å². The lowest BCUT2D eigenvalue weighted by Gasteiger charge is -2.13. The van der Waals surface area contributed by atoms with Gasteiger partial charge in [0.1, 0.15) is 0 Å². The Morgan fingerprint density at radius 1 is 1.00 bits per heavy atom. The Hall–Kier alpha value is -2.97. The average molecular weight is 614 g/mol. The highest BCUT2D eigenvalue weighted by atomic mass is 79.9. The van der Waals surface area contributed by atoms with Crippen LogP contribution in [-0.2, 0) is 0 Å². The van der Waals surface area contributed by atoms with Crippen LogP contribution in [-0.4, -0.2) is 29.6 Å². The van der Waals surface area contributed by atoms with Crippen molar-refractivity contribution in [3.63, 3.8) is 0 Å². The maximum atomic E-state index is 5.45. The first-order valence-electron chi connectivity index (χ1n) is 10.7. The van der Waals surface area contributed by atoms with E-state index in [1.165, 1.54) is 5.56 Å². The lowest BCUT2D eigenvalue weighted by atomic mass is 9.99. The van der Waals surface area contributed by atoms with Crippen LogP contribution >= 0.6 is 44.1 Å². The Bertz CT molecular complexity index is 1420. The summed E-state index contributed by atoms with van der Waals surface area (Å²) in [6.45, 7) is 2.18. The number of thiocarbonyl (C=S) groups is 1. The zero-order chi connectivity index (χ0) is 24.9. The number of nitrogens with one attached hydrogen (secondary N) is 2. The second-order valence-corrected chi connectivity index (χ2v) is 9.71. The lowest BCUT2D eigenvalue weighted by molar-refractivity contribution is 0.354. The molecule has 178 valence electrons. The predicted octanol–water partition coefficient (Wildman–Crippen LogP) is 8.25. The number of hydrogen-bond acceptors (Lipinski definition) is 6. The molecule has 5 rings (SSSR count). The number of methoxy groups -OCH3 is 2. The van der Waals surface area contributed by atoms with Gasteiger partial charge in [-0.1, -0.05) is 50.9 Å². The number of rotatable bonds is 5. The van der Waals surface area contributed by atoms with Crippen molar-refractivity contribution in [1.29, 1.82) is 0 Å². The van der Waals surface area contributed by atoms with Gasteiger partial charge >= 0.3 is 0 Å². The number of benzene rings is 3. The van der Waals surface area contributed by atoms with Gasteiger partial charge in [-0.3, -0.25) is 5.10 Å². The summed E-state index contributed by atoms with van der Waals surface area (Å²) in [5.41, 5.74) is 6.31. The Labute approximate surface area is 226 Å². The van der Waals surface area contributed by atoms with Crippen molar-refractivity contribution >= 4 is 66.4 Å². The minimum atomic E-state index is 0.207. The molecule has 0 unspecified atom stereocenters. The lowest BCUT2D eigenvalue weighted by Crippen LogP contribution is -1.98. The van der Waals surface area contributed by atoms with E-state index >= 15 is 0 Å². The molecular formula is C26H22Br2N4O2S. The van der Waals surface area contributed by atoms with Gasteiger partial charge in [0, 0.05) is 31.7 Å². The van der Waals surface area contributed by atoms with Crippen LogP contribution in [0.2, 0.25) is 0 Å². The Morgan fingerprint density at radius 3 is 2.34 bits per heavy atom. The summed E-state index contributed by atoms with van der Waals surface area (Å²) in [5.74, 6) is 2.51. The molecular weight excluding hydrogens is 592 g/mol. The highest BCUT2D eigenvalue weighted by Crippen LogP contribution is 2.50. The number of aromatic nitrogens is 2. The third kappa shape index (κ3) is 5.49. The summed E-state index contributed by atoms with van der Waals surface area (Å²) < 4.78 is 12.9. The van der Waals surface area contributed by atoms with Gasteiger partial charge < -0.3 is 14.8 Å². The van der Waals surface area contributed by atoms with E-state index in [0.717, 1.165) is 54.5 Å². The number of aliphatic imine (C=N–C) groups is 1. The van der Waals surface area contributed by atoms with Gasteiger partial charge in [0.2, 0.25) is 0 Å². The summed E-state index contributed by atoms with van der Waals surface area (Å²) in [6, 6.07) is 19.7. The molecule has 0 aliphatic heterocycles. The Kier molecular flexibility index (Phi) is 8.03. The van der Waals surface area contributed by atoms with E-state index < -0.39 is 0 Å². The molecule has 1 aromatic heterocycles. The zero-order valence-corrected chi connectivity index (χ0v) is 23.2. The molecule has 0 bridgehead atoms. The largest absolute Gasteiger partial charge is 0.493 e. The first-order chi connectivity index (χ1) is 16.9. The molecule has 1 atom stereocenters. The van der Waals surface area contributed by atoms with E-state index in [9.17, 15) is 0 Å². The Balaban J connectivity index is 0.000000243. The van der Waals surface area contributed by atoms with Gasteiger partial charge in [-0.15, -0.1) is 0 Å². The normalized spacial score (nSPS) is 13.0. The molecule has 0 saturated carbocycles. The molecule has 1 aliphatic rings. The number of hydrogen-bond donors (Lipinski definition) is 2. The van der Waals surface area contributed by atoms with E-state index in [1.807, 2.05) is 54.6 Å². The molecule has 0 radical (unpaired) electrons. The van der Waals surface area contributed by atoms with E-state index in [-0.39, 0.29) is 5.92 Å². The van der Waals surface area contributed by atoms with Crippen molar-refractivity contribution in [3.8, 4) is 22.8 Å². The average Bonchev–Trinajstić information content (AvgIpc) is 3.38. The molecule has 3 aromatic carbocycles. The minimum Gasteiger partial charge on any atom is -0.493 e. The summed E-state index contributed by atoms with van der Waals surface area (Å²) in [5, 5.41) is 13.4. The quantitative estimate of drug-likeness (QED) is 0.175. The molecule has 35 heavy (non-hydrogen) atoms. The summed E-state index contributed by atoms with van der Waals surface area (Å²) >= 11 is 11.3. The van der Waals surface area contributed by atoms with Crippen LogP contribution in [0.15, 0.2) is 74.6 Å². The SMILES string of the molecule is COc1cc2c(cc1OC)[C@@H](C)c1c(Nc3cccc(Br)c3)n[nH]c1-2.S=C=Nc1cccc(Br)c1. The molecule has 0 saturated heterocycles. The summed E-state index contributed by atoms with van der Waals surface area (Å²) in [4.78, 5) is 3.80. The molecule has 0 amide bonds. The maximum Gasteiger partial charge on any atom is 0.161 e. The first-order valence-corrected chi connectivity index (χ1v) is 12.6. The number of isothiocyanates is 1. The fourth-order valence-corrected chi connectivity index (χ4v) is 4.89. The molecule has 1 aliphatic carbocycles. The van der Waals surface area contributed by atoms with E-state index in [4.69, 9.17) is 9.47 Å². The van der Waals surface area contributed by atoms with Gasteiger partial charge in [0.15, 0.2) is 17.3 Å². The van der Waals surface area contributed by atoms with Crippen LogP contribution in [0.1, 0.15) is 24.0 Å². The van der Waals surface area contributed by atoms with Crippen LogP contribution in [0, 0.1) is 0 Å². The van der Waals surface area contributed by atoms with Gasteiger partial charge in [-0.05, 0) is 66.3 Å². The van der Waals surface area contributed by atoms with Crippen LogP contribution in [0.3, 0.4) is 0 Å². The number of fused-ring (bicyclic) bond motifs is 3. The van der Waals surface area contributed by atoms with Crippen molar-refractivity contribution in [3.05, 3.63) is 80.7 Å². The fourth-order valence-electron chi connectivity index (χ4n) is 4.00. The third-order valence-electron chi connectivity index (χ3n) is 5.60. The number of nitrogens with zero attached hydrogens (tertiary/aromatic N) is 2. The second-order valence-electron chi connectivity index (χ2n) is 7.70. The molecule has 1 heterocycles. The van der Waals surface area contributed by atoms with Crippen molar-refractivity contribution in [2.45, 2.75) is 12.8 Å². The van der Waals surface area contributed by atoms with E-state index in [1.54, 1.807) is 14.2 Å². The number of anilines is 2. The molecule has 2 N–H and O–H groups in total. The van der Waals surface area contributed by atoms with Gasteiger partial charge in [-0.25, -0.2) is 0 Å². The number of halogens is 2. The smallest absolute Gasteiger partial charge is 0.161 e. The molecule has 6 nitrogen and oxygen atoms in total. The highest BCUT2D eigenvalue weighted by molar-refractivity contribution is 9.10. The third-order valence-corrected chi connectivity index (χ3v) is 6.68. The summed E-state index contributed by atoms with van der Waals surface area (Å²) in [6.07, 6.45) is 0. The van der Waals surface area contributed by atoms with Crippen LogP contribution in [0.4, 0.5) is 17.2 Å². The monoisotopic (exact) mass is 612 g/mol. The van der Waals surface area contributed by atoms with E-state index in [0.29, 0.717) is 0 Å². The Morgan fingerprint density at radius 2 is 1.69 bits per heavy atom. The van der Waals surface area contributed by atoms with Gasteiger partial charge in [0.05, 0.1) is 30.8 Å². The van der Waals surface area contributed by atoms with E-state index in [2.05, 4.69) is 82.7 Å². The van der Waals surface area contributed by atoms with Crippen LogP contribution in [0.25, 0.3) is 11.3 Å². The standard InChI is InChI=1S/C19H18BrN3O2.C7H4BrNS/c1-10-13-8-15(24-2)16(25-3)9-14(13)18-17(10)19(23-22-18)21-12-6-4-5-11(20)7-12;8-6-2-1-3-7(4-6)9-5-10/h4-10H,1-3H3,(H2,21,22,23);1-4H/t10-;/m1./s1. The van der Waals surface area contributed by atoms with Gasteiger partial charge in [0.25, 0.3) is 0 Å². The maximum absolute atomic E-state index is 5.45. The highest BCUT2D eigenvalue weighted by Gasteiger charge is 2.32. The predicted molar refractivity (Wildman–Crippen MR) is 151 cm³/mol. The zero-order valence-electron chi connectivity index (χ0n) is 19.2. The molecule has 0 fully saturated rings. The minimum absolute atomic E-state index is 0.207. The molecule has 9 heteroatoms. The number of aromatic amines is 1. The number of ether oxygens (including phenoxy) is 2. The first kappa shape index (κ1) is 25.1. The molecule has 0 spiro atoms. The molecule has 4 aromatic rings. The van der Waals surface area contributed by atoms with Crippen molar-refractivity contribution in [2.75, 3.05) is 19.5 Å².